The lowest BCUT2D eigenvalue weighted by Gasteiger charge is -2.07. The molecule has 0 aliphatic carbocycles. The molecule has 0 atom stereocenters. The van der Waals surface area contributed by atoms with Gasteiger partial charge in [-0.05, 0) is 25.5 Å². The summed E-state index contributed by atoms with van der Waals surface area (Å²) in [5.74, 6) is -1.19. The molecule has 3 heteroatoms. The molecule has 0 unspecified atom stereocenters. The number of halogens is 2. The fourth-order valence-corrected chi connectivity index (χ4v) is 1.00. The maximum atomic E-state index is 13.0. The third kappa shape index (κ3) is 1.72. The number of anilines is 1. The molecule has 0 aliphatic heterocycles. The van der Waals surface area contributed by atoms with E-state index in [1.807, 2.05) is 6.92 Å². The van der Waals surface area contributed by atoms with Gasteiger partial charge in [0.15, 0.2) is 0 Å². The van der Waals surface area contributed by atoms with Crippen LogP contribution in [0.4, 0.5) is 14.5 Å². The van der Waals surface area contributed by atoms with E-state index in [1.165, 1.54) is 6.07 Å². The molecule has 1 rings (SSSR count). The van der Waals surface area contributed by atoms with E-state index in [2.05, 4.69) is 12.2 Å². The highest BCUT2D eigenvalue weighted by Crippen LogP contribution is 2.20. The monoisotopic (exact) mass is 170 g/mol. The highest BCUT2D eigenvalue weighted by atomic mass is 19.1. The molecular weight excluding hydrogens is 160 g/mol. The molecule has 0 aromatic heterocycles. The number of benzene rings is 1. The van der Waals surface area contributed by atoms with E-state index < -0.39 is 11.6 Å². The average molecular weight is 170 g/mol. The van der Waals surface area contributed by atoms with Crippen LogP contribution in [0.5, 0.6) is 0 Å². The normalized spacial score (nSPS) is 10.0. The van der Waals surface area contributed by atoms with Crippen LogP contribution in [0.25, 0.3) is 0 Å². The second kappa shape index (κ2) is 3.52. The van der Waals surface area contributed by atoms with Gasteiger partial charge in [0.25, 0.3) is 0 Å². The second-order valence-electron chi connectivity index (χ2n) is 2.45. The molecule has 1 N–H and O–H groups in total. The van der Waals surface area contributed by atoms with Crippen LogP contribution in [0.2, 0.25) is 0 Å². The molecule has 0 amide bonds. The van der Waals surface area contributed by atoms with Crippen molar-refractivity contribution in [2.24, 2.45) is 0 Å². The Labute approximate surface area is 70.4 Å². The first kappa shape index (κ1) is 8.97. The summed E-state index contributed by atoms with van der Waals surface area (Å²) in [5.41, 5.74) is 0.619. The maximum Gasteiger partial charge on any atom is 0.149 e. The fraction of sp³-hybridized carbons (Fsp3) is 0.222. The molecule has 0 aliphatic rings. The largest absolute Gasteiger partial charge is 0.383 e. The van der Waals surface area contributed by atoms with Crippen molar-refractivity contribution in [1.29, 1.82) is 0 Å². The Morgan fingerprint density at radius 2 is 2.08 bits per heavy atom. The van der Waals surface area contributed by atoms with Crippen molar-refractivity contribution in [2.45, 2.75) is 6.92 Å². The third-order valence-corrected chi connectivity index (χ3v) is 1.49. The first-order chi connectivity index (χ1) is 5.65. The summed E-state index contributed by atoms with van der Waals surface area (Å²) < 4.78 is 25.5. The fourth-order valence-electron chi connectivity index (χ4n) is 1.00. The summed E-state index contributed by atoms with van der Waals surface area (Å²) in [6.07, 6.45) is 0. The van der Waals surface area contributed by atoms with Crippen LogP contribution < -0.4 is 5.32 Å². The molecule has 0 heterocycles. The zero-order chi connectivity index (χ0) is 9.14. The second-order valence-corrected chi connectivity index (χ2v) is 2.45. The Morgan fingerprint density at radius 3 is 2.58 bits per heavy atom. The zero-order valence-electron chi connectivity index (χ0n) is 6.82. The summed E-state index contributed by atoms with van der Waals surface area (Å²) >= 11 is 0. The van der Waals surface area contributed by atoms with Crippen molar-refractivity contribution in [2.75, 3.05) is 11.9 Å². The summed E-state index contributed by atoms with van der Waals surface area (Å²) in [5, 5.41) is 2.77. The molecule has 1 aromatic carbocycles. The minimum Gasteiger partial charge on any atom is -0.383 e. The van der Waals surface area contributed by atoms with Gasteiger partial charge in [-0.2, -0.15) is 0 Å². The van der Waals surface area contributed by atoms with Crippen molar-refractivity contribution in [3.8, 4) is 0 Å². The minimum atomic E-state index is -0.598. The number of hydrogen-bond acceptors (Lipinski definition) is 1. The smallest absolute Gasteiger partial charge is 0.149 e. The topological polar surface area (TPSA) is 12.0 Å². The van der Waals surface area contributed by atoms with Gasteiger partial charge in [-0.25, -0.2) is 8.78 Å². The van der Waals surface area contributed by atoms with Gasteiger partial charge in [0, 0.05) is 12.6 Å². The van der Waals surface area contributed by atoms with E-state index >= 15 is 0 Å². The van der Waals surface area contributed by atoms with E-state index in [-0.39, 0.29) is 5.69 Å². The lowest BCUT2D eigenvalue weighted by molar-refractivity contribution is 0.584. The lowest BCUT2D eigenvalue weighted by atomic mass is 10.2. The molecule has 0 bridgehead atoms. The predicted molar refractivity (Wildman–Crippen MR) is 45.0 cm³/mol. The van der Waals surface area contributed by atoms with E-state index in [4.69, 9.17) is 0 Å². The van der Waals surface area contributed by atoms with Crippen molar-refractivity contribution < 1.29 is 8.78 Å². The van der Waals surface area contributed by atoms with Crippen LogP contribution in [0, 0.1) is 18.6 Å². The summed E-state index contributed by atoms with van der Waals surface area (Å²) in [4.78, 5) is 0. The van der Waals surface area contributed by atoms with Crippen molar-refractivity contribution >= 4 is 5.69 Å². The van der Waals surface area contributed by atoms with Gasteiger partial charge in [0.05, 0.1) is 5.69 Å². The van der Waals surface area contributed by atoms with Crippen LogP contribution in [0.3, 0.4) is 0 Å². The van der Waals surface area contributed by atoms with Crippen LogP contribution in [0.15, 0.2) is 12.1 Å². The predicted octanol–water partition coefficient (Wildman–Crippen LogP) is 2.58. The van der Waals surface area contributed by atoms with E-state index in [0.717, 1.165) is 6.07 Å². The Balaban J connectivity index is 3.10. The van der Waals surface area contributed by atoms with Gasteiger partial charge in [-0.1, -0.05) is 0 Å². The Hall–Kier alpha value is -1.12. The first-order valence-electron chi connectivity index (χ1n) is 3.70. The highest BCUT2D eigenvalue weighted by Gasteiger charge is 2.06. The van der Waals surface area contributed by atoms with Crippen LogP contribution in [0.1, 0.15) is 12.5 Å². The molecule has 1 aromatic rings. The van der Waals surface area contributed by atoms with Gasteiger partial charge >= 0.3 is 0 Å². The van der Waals surface area contributed by atoms with Crippen molar-refractivity contribution in [3.05, 3.63) is 36.3 Å². The van der Waals surface area contributed by atoms with E-state index in [1.54, 1.807) is 0 Å². The SMILES string of the molecule is [CH2]c1cc(F)cc(F)c1NCC. The van der Waals surface area contributed by atoms with Crippen LogP contribution in [-0.4, -0.2) is 6.54 Å². The van der Waals surface area contributed by atoms with Crippen LogP contribution in [-0.2, 0) is 0 Å². The number of nitrogens with one attached hydrogen (secondary N) is 1. The van der Waals surface area contributed by atoms with Crippen molar-refractivity contribution in [1.82, 2.24) is 0 Å². The summed E-state index contributed by atoms with van der Waals surface area (Å²) in [6, 6.07) is 2.04. The van der Waals surface area contributed by atoms with Crippen LogP contribution >= 0.6 is 0 Å². The quantitative estimate of drug-likeness (QED) is 0.719. The minimum absolute atomic E-state index is 0.277. The molecule has 0 saturated heterocycles. The molecule has 0 fully saturated rings. The number of rotatable bonds is 2. The standard InChI is InChI=1S/C9H10F2N/c1-3-12-9-6(2)4-7(10)5-8(9)11/h4-5,12H,2-3H2,1H3. The average Bonchev–Trinajstić information content (AvgIpc) is 1.96. The molecule has 65 valence electrons. The van der Waals surface area contributed by atoms with Gasteiger partial charge in [-0.15, -0.1) is 0 Å². The summed E-state index contributed by atoms with van der Waals surface area (Å²) in [7, 11) is 0. The van der Waals surface area contributed by atoms with E-state index in [0.29, 0.717) is 12.1 Å². The maximum absolute atomic E-state index is 13.0. The van der Waals surface area contributed by atoms with E-state index in [9.17, 15) is 8.78 Å². The molecule has 0 saturated carbocycles. The number of hydrogen-bond donors (Lipinski definition) is 1. The molecular formula is C9H10F2N. The molecule has 1 nitrogen and oxygen atoms in total. The Kier molecular flexibility index (Phi) is 2.63. The first-order valence-corrected chi connectivity index (χ1v) is 3.70. The Morgan fingerprint density at radius 1 is 1.42 bits per heavy atom. The molecule has 12 heavy (non-hydrogen) atoms. The highest BCUT2D eigenvalue weighted by molar-refractivity contribution is 5.53. The summed E-state index contributed by atoms with van der Waals surface area (Å²) in [6.45, 7) is 5.94. The molecule has 0 spiro atoms. The van der Waals surface area contributed by atoms with Gasteiger partial charge in [0.2, 0.25) is 0 Å². The van der Waals surface area contributed by atoms with Gasteiger partial charge < -0.3 is 5.32 Å². The zero-order valence-corrected chi connectivity index (χ0v) is 6.82. The molecule has 1 radical (unpaired) electrons. The van der Waals surface area contributed by atoms with Gasteiger partial charge in [-0.3, -0.25) is 0 Å². The lowest BCUT2D eigenvalue weighted by Crippen LogP contribution is -2.02. The van der Waals surface area contributed by atoms with Crippen molar-refractivity contribution in [3.63, 3.8) is 0 Å². The third-order valence-electron chi connectivity index (χ3n) is 1.49. The Bertz CT molecular complexity index is 261. The van der Waals surface area contributed by atoms with Gasteiger partial charge in [0.1, 0.15) is 11.6 Å².